The van der Waals surface area contributed by atoms with Crippen molar-refractivity contribution in [1.29, 1.82) is 0 Å². The molecule has 2 aromatic carbocycles. The Hall–Kier alpha value is -2.53. The quantitative estimate of drug-likeness (QED) is 0.723. The van der Waals surface area contributed by atoms with Gasteiger partial charge in [-0.2, -0.15) is 0 Å². The van der Waals surface area contributed by atoms with Crippen molar-refractivity contribution < 1.29 is 18.8 Å². The van der Waals surface area contributed by atoms with E-state index in [1.165, 1.54) is 12.1 Å². The van der Waals surface area contributed by atoms with Gasteiger partial charge in [0.25, 0.3) is 0 Å². The summed E-state index contributed by atoms with van der Waals surface area (Å²) in [6, 6.07) is 11.4. The second-order valence-corrected chi connectivity index (χ2v) is 7.45. The molecule has 0 N–H and O–H groups in total. The summed E-state index contributed by atoms with van der Waals surface area (Å²) >= 11 is 5.71. The van der Waals surface area contributed by atoms with Crippen LogP contribution in [0, 0.1) is 17.7 Å². The minimum absolute atomic E-state index is 0.000219. The van der Waals surface area contributed by atoms with E-state index in [0.29, 0.717) is 0 Å². The topological polar surface area (TPSA) is 54.5 Å². The number of benzene rings is 2. The SMILES string of the molecule is O=C1C[C@H]2c3ccccc3[C@H]1[C@H]1C(=O)N(c3ccc(Cl)c(F)c3)C(=O)[C@H]12. The van der Waals surface area contributed by atoms with E-state index in [1.807, 2.05) is 24.3 Å². The molecule has 1 saturated heterocycles. The Morgan fingerprint density at radius 2 is 1.65 bits per heavy atom. The number of anilines is 1. The Kier molecular flexibility index (Phi) is 3.16. The molecule has 0 unspecified atom stereocenters. The fourth-order valence-electron chi connectivity index (χ4n) is 4.84. The minimum atomic E-state index is -0.706. The molecule has 2 amide bonds. The third-order valence-corrected chi connectivity index (χ3v) is 6.16. The van der Waals surface area contributed by atoms with E-state index < -0.39 is 29.5 Å². The molecule has 4 atom stereocenters. The molecular weight excluding hydrogens is 357 g/mol. The smallest absolute Gasteiger partial charge is 0.238 e. The number of Topliss-reactive ketones (excluding diaryl/α,β-unsaturated/α-hetero) is 1. The van der Waals surface area contributed by atoms with Crippen LogP contribution in [0.5, 0.6) is 0 Å². The fraction of sp³-hybridized carbons (Fsp3) is 0.250. The number of carbonyl (C=O) groups is 3. The highest BCUT2D eigenvalue weighted by atomic mass is 35.5. The number of hydrogen-bond donors (Lipinski definition) is 0. The maximum Gasteiger partial charge on any atom is 0.238 e. The van der Waals surface area contributed by atoms with Crippen molar-refractivity contribution in [3.63, 3.8) is 0 Å². The van der Waals surface area contributed by atoms with Gasteiger partial charge in [-0.3, -0.25) is 14.4 Å². The van der Waals surface area contributed by atoms with Gasteiger partial charge in [-0.05, 0) is 29.3 Å². The summed E-state index contributed by atoms with van der Waals surface area (Å²) in [7, 11) is 0. The van der Waals surface area contributed by atoms with Crippen LogP contribution in [0.3, 0.4) is 0 Å². The number of rotatable bonds is 1. The predicted octanol–water partition coefficient (Wildman–Crippen LogP) is 3.44. The average molecular weight is 370 g/mol. The summed E-state index contributed by atoms with van der Waals surface area (Å²) in [6.45, 7) is 0. The van der Waals surface area contributed by atoms with Gasteiger partial charge < -0.3 is 0 Å². The zero-order valence-corrected chi connectivity index (χ0v) is 14.2. The summed E-state index contributed by atoms with van der Waals surface area (Å²) in [5, 5.41) is -0.0760. The molecule has 130 valence electrons. The lowest BCUT2D eigenvalue weighted by Gasteiger charge is -2.43. The molecule has 4 nitrogen and oxygen atoms in total. The van der Waals surface area contributed by atoms with Gasteiger partial charge in [0, 0.05) is 12.3 Å². The molecule has 0 radical (unpaired) electrons. The molecule has 6 heteroatoms. The van der Waals surface area contributed by atoms with E-state index in [4.69, 9.17) is 11.6 Å². The molecule has 1 heterocycles. The number of halogens is 2. The van der Waals surface area contributed by atoms with Crippen molar-refractivity contribution in [2.45, 2.75) is 18.3 Å². The van der Waals surface area contributed by atoms with Crippen LogP contribution in [-0.2, 0) is 14.4 Å². The molecule has 2 bridgehead atoms. The number of ketones is 1. The first-order chi connectivity index (χ1) is 12.5. The van der Waals surface area contributed by atoms with Crippen LogP contribution in [0.2, 0.25) is 5.02 Å². The van der Waals surface area contributed by atoms with Crippen LogP contribution in [-0.4, -0.2) is 17.6 Å². The molecule has 1 saturated carbocycles. The van der Waals surface area contributed by atoms with Crippen molar-refractivity contribution in [2.24, 2.45) is 11.8 Å². The van der Waals surface area contributed by atoms with Crippen molar-refractivity contribution in [3.8, 4) is 0 Å². The van der Waals surface area contributed by atoms with Crippen LogP contribution >= 0.6 is 11.6 Å². The zero-order chi connectivity index (χ0) is 18.2. The summed E-state index contributed by atoms with van der Waals surface area (Å²) in [6.07, 6.45) is 0.269. The number of nitrogens with zero attached hydrogens (tertiary/aromatic N) is 1. The number of hydrogen-bond acceptors (Lipinski definition) is 3. The van der Waals surface area contributed by atoms with Gasteiger partial charge in [0.1, 0.15) is 11.6 Å². The van der Waals surface area contributed by atoms with E-state index in [2.05, 4.69) is 0 Å². The van der Waals surface area contributed by atoms with Gasteiger partial charge >= 0.3 is 0 Å². The van der Waals surface area contributed by atoms with Gasteiger partial charge in [-0.15, -0.1) is 0 Å². The Labute approximate surface area is 153 Å². The summed E-state index contributed by atoms with van der Waals surface area (Å²) in [5.74, 6) is -3.66. The highest BCUT2D eigenvalue weighted by Gasteiger charge is 2.62. The maximum atomic E-state index is 13.9. The Morgan fingerprint density at radius 1 is 0.962 bits per heavy atom. The summed E-state index contributed by atoms with van der Waals surface area (Å²) < 4.78 is 13.9. The normalized spacial score (nSPS) is 29.2. The third kappa shape index (κ3) is 1.86. The van der Waals surface area contributed by atoms with E-state index >= 15 is 0 Å². The Morgan fingerprint density at radius 3 is 2.38 bits per heavy atom. The third-order valence-electron chi connectivity index (χ3n) is 5.85. The molecular formula is C20H13ClFNO3. The first-order valence-corrected chi connectivity index (χ1v) is 8.81. The first kappa shape index (κ1) is 15.7. The number of amides is 2. The monoisotopic (exact) mass is 369 g/mol. The lowest BCUT2D eigenvalue weighted by molar-refractivity contribution is -0.134. The van der Waals surface area contributed by atoms with Crippen molar-refractivity contribution in [3.05, 3.63) is 64.4 Å². The summed E-state index contributed by atoms with van der Waals surface area (Å²) in [5.41, 5.74) is 1.98. The standard InChI is InChI=1S/C20H13ClFNO3/c21-13-6-5-9(7-14(13)22)23-19(25)17-12-8-15(24)16(18(17)20(23)26)11-4-2-1-3-10(11)12/h1-7,12,16-18H,8H2/t12-,16+,17-,18+/m0/s1. The highest BCUT2D eigenvalue weighted by molar-refractivity contribution is 6.31. The fourth-order valence-corrected chi connectivity index (χ4v) is 4.96. The van der Waals surface area contributed by atoms with Gasteiger partial charge in [0.2, 0.25) is 11.8 Å². The second-order valence-electron chi connectivity index (χ2n) is 7.05. The predicted molar refractivity (Wildman–Crippen MR) is 92.4 cm³/mol. The second kappa shape index (κ2) is 5.24. The molecule has 6 rings (SSSR count). The largest absolute Gasteiger partial charge is 0.299 e. The van der Waals surface area contributed by atoms with Crippen LogP contribution in [0.15, 0.2) is 42.5 Å². The van der Waals surface area contributed by atoms with Gasteiger partial charge in [-0.1, -0.05) is 35.9 Å². The van der Waals surface area contributed by atoms with Gasteiger partial charge in [0.05, 0.1) is 28.5 Å². The molecule has 2 fully saturated rings. The highest BCUT2D eigenvalue weighted by Crippen LogP contribution is 2.57. The minimum Gasteiger partial charge on any atom is -0.299 e. The number of fused-ring (bicyclic) bond motifs is 1. The Bertz CT molecular complexity index is 1000. The van der Waals surface area contributed by atoms with Gasteiger partial charge in [0.15, 0.2) is 0 Å². The van der Waals surface area contributed by atoms with Crippen molar-refractivity contribution in [2.75, 3.05) is 4.90 Å². The van der Waals surface area contributed by atoms with Crippen molar-refractivity contribution >= 4 is 34.9 Å². The number of carbonyl (C=O) groups excluding carboxylic acids is 3. The maximum absolute atomic E-state index is 13.9. The van der Waals surface area contributed by atoms with Gasteiger partial charge in [-0.25, -0.2) is 9.29 Å². The first-order valence-electron chi connectivity index (χ1n) is 8.43. The lowest BCUT2D eigenvalue weighted by atomic mass is 9.56. The molecule has 2 aromatic rings. The van der Waals surface area contributed by atoms with E-state index in [1.54, 1.807) is 0 Å². The van der Waals surface area contributed by atoms with E-state index in [9.17, 15) is 18.8 Å². The average Bonchev–Trinajstić information content (AvgIpc) is 2.90. The van der Waals surface area contributed by atoms with Crippen LogP contribution in [0.25, 0.3) is 0 Å². The van der Waals surface area contributed by atoms with Crippen LogP contribution in [0.4, 0.5) is 10.1 Å². The zero-order valence-electron chi connectivity index (χ0n) is 13.5. The molecule has 0 aromatic heterocycles. The van der Waals surface area contributed by atoms with Crippen molar-refractivity contribution in [1.82, 2.24) is 0 Å². The van der Waals surface area contributed by atoms with E-state index in [0.717, 1.165) is 22.1 Å². The molecule has 1 aliphatic heterocycles. The Balaban J connectivity index is 1.65. The lowest BCUT2D eigenvalue weighted by Crippen LogP contribution is -2.44. The molecule has 26 heavy (non-hydrogen) atoms. The summed E-state index contributed by atoms with van der Waals surface area (Å²) in [4.78, 5) is 39.8. The number of imide groups is 1. The molecule has 3 aliphatic carbocycles. The molecule has 0 spiro atoms. The van der Waals surface area contributed by atoms with Crippen LogP contribution < -0.4 is 4.90 Å². The van der Waals surface area contributed by atoms with E-state index in [-0.39, 0.29) is 34.7 Å². The van der Waals surface area contributed by atoms with Crippen LogP contribution in [0.1, 0.15) is 29.4 Å². The molecule has 4 aliphatic rings.